The quantitative estimate of drug-likeness (QED) is 0.483. The van der Waals surface area contributed by atoms with E-state index in [-0.39, 0.29) is 19.1 Å². The lowest BCUT2D eigenvalue weighted by Crippen LogP contribution is -2.30. The number of hydrogen-bond donors (Lipinski definition) is 1. The molecule has 0 aromatic heterocycles. The molecule has 0 spiro atoms. The molecule has 0 bridgehead atoms. The molecule has 8 heteroatoms. The molecule has 0 aliphatic heterocycles. The second kappa shape index (κ2) is 11.0. The number of carbonyl (C=O) groups excluding carboxylic acids is 1. The molecule has 0 fully saturated rings. The van der Waals surface area contributed by atoms with Gasteiger partial charge in [0.1, 0.15) is 5.75 Å². The number of nitrogens with zero attached hydrogens (tertiary/aromatic N) is 1. The lowest BCUT2D eigenvalue weighted by Gasteiger charge is -2.23. The Morgan fingerprint density at radius 3 is 2.22 bits per heavy atom. The SMILES string of the molecule is CS(=O)(=O)N(Cc1ccc(Cl)cc1)c1ccc(OCC(=O)NCCc2ccccc2)cc1. The van der Waals surface area contributed by atoms with Crippen molar-refractivity contribution in [3.8, 4) is 5.75 Å². The van der Waals surface area contributed by atoms with Crippen LogP contribution in [0.1, 0.15) is 11.1 Å². The number of ether oxygens (including phenoxy) is 1. The summed E-state index contributed by atoms with van der Waals surface area (Å²) in [5, 5.41) is 3.41. The fourth-order valence-corrected chi connectivity index (χ4v) is 4.07. The highest BCUT2D eigenvalue weighted by Gasteiger charge is 2.18. The molecule has 0 aliphatic carbocycles. The second-order valence-electron chi connectivity index (χ2n) is 7.26. The lowest BCUT2D eigenvalue weighted by molar-refractivity contribution is -0.123. The van der Waals surface area contributed by atoms with Gasteiger partial charge in [0, 0.05) is 11.6 Å². The molecular formula is C24H25ClN2O4S. The number of sulfonamides is 1. The first-order chi connectivity index (χ1) is 15.3. The van der Waals surface area contributed by atoms with Gasteiger partial charge in [-0.05, 0) is 53.9 Å². The van der Waals surface area contributed by atoms with Crippen LogP contribution >= 0.6 is 11.6 Å². The molecule has 0 aliphatic rings. The van der Waals surface area contributed by atoms with Crippen LogP contribution in [0.3, 0.4) is 0 Å². The van der Waals surface area contributed by atoms with E-state index in [0.717, 1.165) is 23.8 Å². The first-order valence-corrected chi connectivity index (χ1v) is 12.3. The topological polar surface area (TPSA) is 75.7 Å². The molecule has 0 radical (unpaired) electrons. The maximum Gasteiger partial charge on any atom is 0.257 e. The summed E-state index contributed by atoms with van der Waals surface area (Å²) >= 11 is 5.91. The normalized spacial score (nSPS) is 11.1. The smallest absolute Gasteiger partial charge is 0.257 e. The van der Waals surface area contributed by atoms with Gasteiger partial charge in [-0.1, -0.05) is 54.1 Å². The monoisotopic (exact) mass is 472 g/mol. The Labute approximate surface area is 193 Å². The van der Waals surface area contributed by atoms with E-state index in [1.54, 1.807) is 48.5 Å². The lowest BCUT2D eigenvalue weighted by atomic mass is 10.1. The number of benzene rings is 3. The van der Waals surface area contributed by atoms with Gasteiger partial charge >= 0.3 is 0 Å². The Balaban J connectivity index is 1.54. The van der Waals surface area contributed by atoms with E-state index < -0.39 is 10.0 Å². The molecule has 1 N–H and O–H groups in total. The molecule has 3 aromatic rings. The van der Waals surface area contributed by atoms with Crippen LogP contribution in [0.2, 0.25) is 5.02 Å². The fourth-order valence-electron chi connectivity index (χ4n) is 3.06. The van der Waals surface area contributed by atoms with Gasteiger partial charge in [-0.2, -0.15) is 0 Å². The van der Waals surface area contributed by atoms with Crippen molar-refractivity contribution in [1.29, 1.82) is 0 Å². The average Bonchev–Trinajstić information content (AvgIpc) is 2.78. The minimum Gasteiger partial charge on any atom is -0.484 e. The first-order valence-electron chi connectivity index (χ1n) is 10.1. The number of anilines is 1. The predicted octanol–water partition coefficient (Wildman–Crippen LogP) is 4.04. The zero-order valence-electron chi connectivity index (χ0n) is 17.7. The molecule has 168 valence electrons. The maximum absolute atomic E-state index is 12.3. The number of carbonyl (C=O) groups is 1. The van der Waals surface area contributed by atoms with Crippen molar-refractivity contribution in [3.63, 3.8) is 0 Å². The van der Waals surface area contributed by atoms with Crippen molar-refractivity contribution in [2.75, 3.05) is 23.7 Å². The number of halogens is 1. The van der Waals surface area contributed by atoms with Crippen LogP contribution in [0.25, 0.3) is 0 Å². The van der Waals surface area contributed by atoms with Crippen LogP contribution in [-0.2, 0) is 27.8 Å². The molecule has 0 heterocycles. The van der Waals surface area contributed by atoms with Crippen molar-refractivity contribution in [1.82, 2.24) is 5.32 Å². The van der Waals surface area contributed by atoms with Crippen molar-refractivity contribution >= 4 is 33.2 Å². The summed E-state index contributed by atoms with van der Waals surface area (Å²) in [5.41, 5.74) is 2.47. The highest BCUT2D eigenvalue weighted by molar-refractivity contribution is 7.92. The van der Waals surface area contributed by atoms with E-state index in [4.69, 9.17) is 16.3 Å². The minimum atomic E-state index is -3.50. The number of amides is 1. The Hall–Kier alpha value is -3.03. The summed E-state index contributed by atoms with van der Waals surface area (Å²) in [4.78, 5) is 12.0. The molecular weight excluding hydrogens is 448 g/mol. The van der Waals surface area contributed by atoms with E-state index in [9.17, 15) is 13.2 Å². The van der Waals surface area contributed by atoms with Crippen LogP contribution in [0, 0.1) is 0 Å². The van der Waals surface area contributed by atoms with E-state index in [2.05, 4.69) is 5.32 Å². The van der Waals surface area contributed by atoms with Gasteiger partial charge < -0.3 is 10.1 Å². The summed E-state index contributed by atoms with van der Waals surface area (Å²) in [7, 11) is -3.50. The maximum atomic E-state index is 12.3. The Morgan fingerprint density at radius 2 is 1.59 bits per heavy atom. The summed E-state index contributed by atoms with van der Waals surface area (Å²) in [5.74, 6) is 0.261. The number of hydrogen-bond acceptors (Lipinski definition) is 4. The minimum absolute atomic E-state index is 0.116. The highest BCUT2D eigenvalue weighted by Crippen LogP contribution is 2.24. The van der Waals surface area contributed by atoms with E-state index in [1.807, 2.05) is 30.3 Å². The molecule has 0 unspecified atom stereocenters. The number of nitrogens with one attached hydrogen (secondary N) is 1. The average molecular weight is 473 g/mol. The summed E-state index contributed by atoms with van der Waals surface area (Å²) < 4.78 is 31.5. The van der Waals surface area contributed by atoms with Crippen LogP contribution < -0.4 is 14.4 Å². The molecule has 0 atom stereocenters. The van der Waals surface area contributed by atoms with Crippen molar-refractivity contribution in [2.45, 2.75) is 13.0 Å². The summed E-state index contributed by atoms with van der Waals surface area (Å²) in [6, 6.07) is 23.5. The van der Waals surface area contributed by atoms with Crippen LogP contribution in [-0.4, -0.2) is 33.7 Å². The zero-order chi connectivity index (χ0) is 23.0. The molecule has 0 saturated heterocycles. The molecule has 6 nitrogen and oxygen atoms in total. The standard InChI is InChI=1S/C24H25ClN2O4S/c1-32(29,30)27(17-20-7-9-21(25)10-8-20)22-11-13-23(14-12-22)31-18-24(28)26-16-15-19-5-3-2-4-6-19/h2-14H,15-18H2,1H3,(H,26,28). The van der Waals surface area contributed by atoms with E-state index in [1.165, 1.54) is 4.31 Å². The summed E-state index contributed by atoms with van der Waals surface area (Å²) in [6.45, 7) is 0.591. The Morgan fingerprint density at radius 1 is 0.938 bits per heavy atom. The van der Waals surface area contributed by atoms with Gasteiger partial charge in [0.25, 0.3) is 5.91 Å². The number of rotatable bonds is 10. The van der Waals surface area contributed by atoms with Gasteiger partial charge in [0.05, 0.1) is 18.5 Å². The van der Waals surface area contributed by atoms with Gasteiger partial charge in [-0.3, -0.25) is 9.10 Å². The Bertz CT molecular complexity index is 1120. The molecule has 0 saturated carbocycles. The fraction of sp³-hybridized carbons (Fsp3) is 0.208. The highest BCUT2D eigenvalue weighted by atomic mass is 35.5. The van der Waals surface area contributed by atoms with Crippen LogP contribution in [0.5, 0.6) is 5.75 Å². The van der Waals surface area contributed by atoms with E-state index >= 15 is 0 Å². The first kappa shape index (κ1) is 23.6. The van der Waals surface area contributed by atoms with Crippen molar-refractivity contribution in [2.24, 2.45) is 0 Å². The Kier molecular flexibility index (Phi) is 8.14. The molecule has 32 heavy (non-hydrogen) atoms. The van der Waals surface area contributed by atoms with Gasteiger partial charge in [-0.15, -0.1) is 0 Å². The predicted molar refractivity (Wildman–Crippen MR) is 128 cm³/mol. The van der Waals surface area contributed by atoms with Gasteiger partial charge in [0.2, 0.25) is 10.0 Å². The van der Waals surface area contributed by atoms with Gasteiger partial charge in [0.15, 0.2) is 6.61 Å². The van der Waals surface area contributed by atoms with Crippen LogP contribution in [0.15, 0.2) is 78.9 Å². The van der Waals surface area contributed by atoms with E-state index in [0.29, 0.717) is 23.0 Å². The molecule has 3 rings (SSSR count). The van der Waals surface area contributed by atoms with Crippen molar-refractivity contribution in [3.05, 3.63) is 95.0 Å². The third-order valence-corrected chi connectivity index (χ3v) is 6.11. The van der Waals surface area contributed by atoms with Crippen molar-refractivity contribution < 1.29 is 17.9 Å². The summed E-state index contributed by atoms with van der Waals surface area (Å²) in [6.07, 6.45) is 1.91. The largest absolute Gasteiger partial charge is 0.484 e. The second-order valence-corrected chi connectivity index (χ2v) is 9.61. The molecule has 3 aromatic carbocycles. The third kappa shape index (κ3) is 7.28. The zero-order valence-corrected chi connectivity index (χ0v) is 19.3. The molecule has 1 amide bonds. The third-order valence-electron chi connectivity index (χ3n) is 4.71. The van der Waals surface area contributed by atoms with Gasteiger partial charge in [-0.25, -0.2) is 8.42 Å². The van der Waals surface area contributed by atoms with Crippen LogP contribution in [0.4, 0.5) is 5.69 Å².